The smallest absolute Gasteiger partial charge is 0.410 e. The van der Waals surface area contributed by atoms with Gasteiger partial charge in [-0.1, -0.05) is 82.9 Å². The number of rotatable bonds is 5. The zero-order valence-corrected chi connectivity index (χ0v) is 28.6. The Hall–Kier alpha value is -5.12. The molecule has 2 fully saturated rings. The van der Waals surface area contributed by atoms with Crippen LogP contribution >= 0.6 is 0 Å². The summed E-state index contributed by atoms with van der Waals surface area (Å²) in [6, 6.07) is 16.7. The summed E-state index contributed by atoms with van der Waals surface area (Å²) >= 11 is 0. The maximum absolute atomic E-state index is 12.5. The second kappa shape index (κ2) is 18.4. The van der Waals surface area contributed by atoms with Gasteiger partial charge in [-0.3, -0.25) is 14.5 Å². The molecule has 0 radical (unpaired) electrons. The van der Waals surface area contributed by atoms with E-state index in [1.807, 2.05) is 42.3 Å². The number of para-hydroxylation sites is 1. The summed E-state index contributed by atoms with van der Waals surface area (Å²) < 4.78 is 8.10. The van der Waals surface area contributed by atoms with Gasteiger partial charge in [-0.15, -0.1) is 0 Å². The number of amides is 1. The number of pyridine rings is 2. The fourth-order valence-electron chi connectivity index (χ4n) is 6.24. The van der Waals surface area contributed by atoms with Crippen LogP contribution in [0, 0.1) is 5.92 Å². The van der Waals surface area contributed by atoms with Crippen LogP contribution in [0.25, 0.3) is 22.5 Å². The Morgan fingerprint density at radius 2 is 1.22 bits per heavy atom. The molecule has 49 heavy (non-hydrogen) atoms. The largest absolute Gasteiger partial charge is 0.424 e. The molecular formula is C39H47N7O3. The van der Waals surface area contributed by atoms with Crippen molar-refractivity contribution in [1.82, 2.24) is 34.0 Å². The molecule has 0 spiro atoms. The van der Waals surface area contributed by atoms with Crippen molar-refractivity contribution in [2.24, 2.45) is 5.92 Å². The quantitative estimate of drug-likeness (QED) is 0.185. The molecule has 5 aromatic rings. The van der Waals surface area contributed by atoms with Crippen molar-refractivity contribution in [3.8, 4) is 28.3 Å². The van der Waals surface area contributed by atoms with E-state index in [2.05, 4.69) is 26.9 Å². The molecule has 4 aromatic heterocycles. The number of imidazole rings is 2. The first-order valence-corrected chi connectivity index (χ1v) is 17.4. The molecule has 4 heterocycles. The number of carbonyl (C=O) groups is 2. The number of benzene rings is 1. The average molecular weight is 662 g/mol. The lowest BCUT2D eigenvalue weighted by atomic mass is 9.88. The Morgan fingerprint density at radius 1 is 0.714 bits per heavy atom. The molecular weight excluding hydrogens is 614 g/mol. The fourth-order valence-corrected chi connectivity index (χ4v) is 6.24. The predicted molar refractivity (Wildman–Crippen MR) is 191 cm³/mol. The summed E-state index contributed by atoms with van der Waals surface area (Å²) in [5.74, 6) is 1.58. The first-order chi connectivity index (χ1) is 24.0. The SMILES string of the molecule is CCC1CCCCC1.CN(C(=O)n1cnc(-c2ccncc2)c1)C1CCCCC1.O=C(Oc1ccccc1)n1cnc(-c2ccncc2)c1. The molecule has 2 aliphatic carbocycles. The van der Waals surface area contributed by atoms with Gasteiger partial charge < -0.3 is 9.64 Å². The van der Waals surface area contributed by atoms with Gasteiger partial charge in [0.05, 0.1) is 11.4 Å². The van der Waals surface area contributed by atoms with Crippen molar-refractivity contribution in [3.05, 3.63) is 104 Å². The molecule has 1 amide bonds. The Kier molecular flexibility index (Phi) is 13.2. The number of carbonyl (C=O) groups excluding carboxylic acids is 2. The molecule has 1 aromatic carbocycles. The zero-order chi connectivity index (χ0) is 34.3. The second-order valence-corrected chi connectivity index (χ2v) is 12.6. The lowest BCUT2D eigenvalue weighted by molar-refractivity contribution is 0.175. The van der Waals surface area contributed by atoms with Gasteiger partial charge in [-0.25, -0.2) is 24.1 Å². The lowest BCUT2D eigenvalue weighted by Crippen LogP contribution is -2.40. The van der Waals surface area contributed by atoms with Crippen molar-refractivity contribution >= 4 is 12.1 Å². The highest BCUT2D eigenvalue weighted by molar-refractivity contribution is 5.78. The number of ether oxygens (including phenoxy) is 1. The summed E-state index contributed by atoms with van der Waals surface area (Å²) in [5, 5.41) is 0. The average Bonchev–Trinajstić information content (AvgIpc) is 3.88. The van der Waals surface area contributed by atoms with Gasteiger partial charge in [-0.05, 0) is 55.2 Å². The van der Waals surface area contributed by atoms with Crippen LogP contribution in [0.3, 0.4) is 0 Å². The van der Waals surface area contributed by atoms with Gasteiger partial charge in [0.1, 0.15) is 18.4 Å². The monoisotopic (exact) mass is 661 g/mol. The van der Waals surface area contributed by atoms with Crippen molar-refractivity contribution in [2.75, 3.05) is 7.05 Å². The number of nitrogens with zero attached hydrogens (tertiary/aromatic N) is 7. The molecule has 256 valence electrons. The van der Waals surface area contributed by atoms with Crippen LogP contribution in [0.2, 0.25) is 0 Å². The zero-order valence-electron chi connectivity index (χ0n) is 28.6. The molecule has 0 aliphatic heterocycles. The van der Waals surface area contributed by atoms with E-state index in [9.17, 15) is 9.59 Å². The third-order valence-electron chi connectivity index (χ3n) is 9.22. The standard InChI is InChI=1S/C16H20N4O.C15H11N3O2.C8H16/c1-19(14-5-3-2-4-6-14)16(21)20-11-15(18-12-20)13-7-9-17-10-8-13;19-15(20-13-4-2-1-3-5-13)18-10-14(17-11-18)12-6-8-16-9-7-12;1-2-8-6-4-3-5-7-8/h7-12,14H,2-6H2,1H3;1-11H;8H,2-7H2,1H3. The van der Waals surface area contributed by atoms with E-state index in [-0.39, 0.29) is 6.03 Å². The van der Waals surface area contributed by atoms with Crippen LogP contribution in [0.15, 0.2) is 104 Å². The first kappa shape index (κ1) is 35.2. The van der Waals surface area contributed by atoms with Crippen LogP contribution in [-0.4, -0.2) is 59.2 Å². The fraction of sp³-hybridized carbons (Fsp3) is 0.385. The number of aromatic nitrogens is 6. The summed E-state index contributed by atoms with van der Waals surface area (Å²) in [6.07, 6.45) is 27.6. The minimum Gasteiger partial charge on any atom is -0.410 e. The minimum atomic E-state index is -0.496. The van der Waals surface area contributed by atoms with Crippen molar-refractivity contribution < 1.29 is 14.3 Å². The number of hydrogen-bond acceptors (Lipinski definition) is 7. The van der Waals surface area contributed by atoms with Gasteiger partial charge in [0, 0.05) is 61.4 Å². The molecule has 0 atom stereocenters. The van der Waals surface area contributed by atoms with E-state index >= 15 is 0 Å². The molecule has 7 rings (SSSR count). The van der Waals surface area contributed by atoms with Crippen molar-refractivity contribution in [1.29, 1.82) is 0 Å². The van der Waals surface area contributed by atoms with Crippen LogP contribution in [0.5, 0.6) is 5.75 Å². The van der Waals surface area contributed by atoms with Crippen LogP contribution in [0.4, 0.5) is 9.59 Å². The summed E-state index contributed by atoms with van der Waals surface area (Å²) in [6.45, 7) is 2.32. The van der Waals surface area contributed by atoms with Gasteiger partial charge in [0.25, 0.3) is 0 Å². The first-order valence-electron chi connectivity index (χ1n) is 17.4. The lowest BCUT2D eigenvalue weighted by Gasteiger charge is -2.31. The Morgan fingerprint density at radius 3 is 1.76 bits per heavy atom. The molecule has 0 N–H and O–H groups in total. The van der Waals surface area contributed by atoms with Gasteiger partial charge >= 0.3 is 12.1 Å². The Labute approximate surface area is 289 Å². The van der Waals surface area contributed by atoms with Crippen LogP contribution in [-0.2, 0) is 0 Å². The molecule has 0 unspecified atom stereocenters. The minimum absolute atomic E-state index is 0.00490. The topological polar surface area (TPSA) is 108 Å². The van der Waals surface area contributed by atoms with Crippen molar-refractivity contribution in [2.45, 2.75) is 83.6 Å². The van der Waals surface area contributed by atoms with Gasteiger partial charge in [0.2, 0.25) is 0 Å². The summed E-state index contributed by atoms with van der Waals surface area (Å²) in [7, 11) is 1.89. The van der Waals surface area contributed by atoms with E-state index in [1.54, 1.807) is 72.3 Å². The van der Waals surface area contributed by atoms with E-state index in [4.69, 9.17) is 4.74 Å². The third kappa shape index (κ3) is 10.4. The highest BCUT2D eigenvalue weighted by Crippen LogP contribution is 2.26. The van der Waals surface area contributed by atoms with Gasteiger partial charge in [0.15, 0.2) is 0 Å². The maximum Gasteiger partial charge on any atom is 0.424 e. The summed E-state index contributed by atoms with van der Waals surface area (Å²) in [4.78, 5) is 42.8. The highest BCUT2D eigenvalue weighted by Gasteiger charge is 2.23. The number of hydrogen-bond donors (Lipinski definition) is 0. The normalized spacial score (nSPS) is 14.8. The van der Waals surface area contributed by atoms with E-state index in [0.29, 0.717) is 17.5 Å². The van der Waals surface area contributed by atoms with Gasteiger partial charge in [-0.2, -0.15) is 0 Å². The van der Waals surface area contributed by atoms with E-state index in [1.165, 1.54) is 68.7 Å². The molecule has 10 heteroatoms. The molecule has 0 bridgehead atoms. The van der Waals surface area contributed by atoms with Crippen molar-refractivity contribution in [3.63, 3.8) is 0 Å². The molecule has 0 saturated heterocycles. The second-order valence-electron chi connectivity index (χ2n) is 12.6. The third-order valence-corrected chi connectivity index (χ3v) is 9.22. The van der Waals surface area contributed by atoms with E-state index < -0.39 is 6.09 Å². The van der Waals surface area contributed by atoms with Crippen LogP contribution in [0.1, 0.15) is 77.6 Å². The molecule has 2 aliphatic rings. The Balaban J connectivity index is 0.000000157. The molecule has 10 nitrogen and oxygen atoms in total. The summed E-state index contributed by atoms with van der Waals surface area (Å²) in [5.41, 5.74) is 3.35. The molecule has 2 saturated carbocycles. The predicted octanol–water partition coefficient (Wildman–Crippen LogP) is 9.15. The maximum atomic E-state index is 12.5. The highest BCUT2D eigenvalue weighted by atomic mass is 16.6. The van der Waals surface area contributed by atoms with E-state index in [0.717, 1.165) is 35.6 Å². The Bertz CT molecular complexity index is 1690. The van der Waals surface area contributed by atoms with Crippen LogP contribution < -0.4 is 4.74 Å².